The van der Waals surface area contributed by atoms with Crippen molar-refractivity contribution in [2.75, 3.05) is 0 Å². The summed E-state index contributed by atoms with van der Waals surface area (Å²) in [4.78, 5) is 10.4. The Bertz CT molecular complexity index is 304. The summed E-state index contributed by atoms with van der Waals surface area (Å²) in [6, 6.07) is 6.43. The molecule has 0 aliphatic carbocycles. The van der Waals surface area contributed by atoms with E-state index < -0.39 is 12.1 Å². The Morgan fingerprint density at radius 3 is 2.50 bits per heavy atom. The molecule has 0 aliphatic heterocycles. The third-order valence-corrected chi connectivity index (χ3v) is 1.78. The lowest BCUT2D eigenvalue weighted by molar-refractivity contribution is -0.149. The van der Waals surface area contributed by atoms with Crippen LogP contribution in [0, 0.1) is 0 Å². The van der Waals surface area contributed by atoms with Crippen molar-refractivity contribution < 1.29 is 19.7 Å². The molecular weight excluding hydrogens is 184 g/mol. The first-order chi connectivity index (χ1) is 6.59. The Balaban J connectivity index is 2.46. The second kappa shape index (κ2) is 4.62. The topological polar surface area (TPSA) is 66.8 Å². The maximum atomic E-state index is 10.4. The van der Waals surface area contributed by atoms with Gasteiger partial charge in [-0.3, -0.25) is 0 Å². The highest BCUT2D eigenvalue weighted by atomic mass is 16.5. The number of hydrogen-bond acceptors (Lipinski definition) is 3. The average molecular weight is 196 g/mol. The Morgan fingerprint density at radius 1 is 1.43 bits per heavy atom. The smallest absolute Gasteiger partial charge is 0.332 e. The lowest BCUT2D eigenvalue weighted by atomic mass is 10.2. The van der Waals surface area contributed by atoms with E-state index in [9.17, 15) is 4.79 Å². The minimum Gasteiger partial charge on any atom is -0.508 e. The van der Waals surface area contributed by atoms with Crippen LogP contribution in [0.5, 0.6) is 5.75 Å². The van der Waals surface area contributed by atoms with E-state index in [1.807, 2.05) is 0 Å². The summed E-state index contributed by atoms with van der Waals surface area (Å²) in [6.07, 6.45) is -0.816. The Hall–Kier alpha value is -1.55. The fourth-order valence-electron chi connectivity index (χ4n) is 0.885. The van der Waals surface area contributed by atoms with Gasteiger partial charge in [0.2, 0.25) is 0 Å². The molecule has 0 aromatic heterocycles. The highest BCUT2D eigenvalue weighted by Gasteiger charge is 2.10. The predicted octanol–water partition coefficient (Wildman–Crippen LogP) is 1.38. The number of phenols is 1. The third-order valence-electron chi connectivity index (χ3n) is 1.78. The van der Waals surface area contributed by atoms with E-state index >= 15 is 0 Å². The summed E-state index contributed by atoms with van der Waals surface area (Å²) in [6.45, 7) is 1.70. The molecule has 0 fully saturated rings. The molecule has 76 valence electrons. The lowest BCUT2D eigenvalue weighted by Gasteiger charge is -2.07. The molecule has 4 heteroatoms. The molecule has 0 saturated carbocycles. The van der Waals surface area contributed by atoms with Crippen LogP contribution < -0.4 is 0 Å². The molecule has 0 spiro atoms. The summed E-state index contributed by atoms with van der Waals surface area (Å²) in [5, 5.41) is 17.5. The quantitative estimate of drug-likeness (QED) is 0.763. The molecular formula is C10H12O4. The molecule has 1 atom stereocenters. The monoisotopic (exact) mass is 196 g/mol. The molecule has 0 unspecified atom stereocenters. The van der Waals surface area contributed by atoms with Gasteiger partial charge in [-0.2, -0.15) is 0 Å². The maximum Gasteiger partial charge on any atom is 0.332 e. The number of benzene rings is 1. The zero-order chi connectivity index (χ0) is 10.6. The van der Waals surface area contributed by atoms with Gasteiger partial charge < -0.3 is 14.9 Å². The highest BCUT2D eigenvalue weighted by Crippen LogP contribution is 2.11. The molecule has 1 aromatic carbocycles. The first-order valence-electron chi connectivity index (χ1n) is 4.22. The molecule has 0 aliphatic rings. The van der Waals surface area contributed by atoms with Crippen LogP contribution in [0.2, 0.25) is 0 Å². The molecule has 14 heavy (non-hydrogen) atoms. The molecule has 0 radical (unpaired) electrons. The SMILES string of the molecule is C[C@@H](OCc1ccc(O)cc1)C(=O)O. The van der Waals surface area contributed by atoms with Crippen molar-refractivity contribution >= 4 is 5.97 Å². The number of aromatic hydroxyl groups is 1. The zero-order valence-electron chi connectivity index (χ0n) is 7.80. The second-order valence-corrected chi connectivity index (χ2v) is 2.96. The van der Waals surface area contributed by atoms with E-state index in [-0.39, 0.29) is 12.4 Å². The van der Waals surface area contributed by atoms with Crippen LogP contribution in [0.4, 0.5) is 0 Å². The largest absolute Gasteiger partial charge is 0.508 e. The van der Waals surface area contributed by atoms with Crippen LogP contribution in [0.3, 0.4) is 0 Å². The number of rotatable bonds is 4. The summed E-state index contributed by atoms with van der Waals surface area (Å²) in [5.41, 5.74) is 0.830. The zero-order valence-corrected chi connectivity index (χ0v) is 7.80. The van der Waals surface area contributed by atoms with Crippen LogP contribution in [0.1, 0.15) is 12.5 Å². The molecule has 1 aromatic rings. The number of carboxylic acids is 1. The van der Waals surface area contributed by atoms with E-state index in [1.165, 1.54) is 19.1 Å². The normalized spacial score (nSPS) is 12.4. The van der Waals surface area contributed by atoms with Crippen molar-refractivity contribution in [2.24, 2.45) is 0 Å². The van der Waals surface area contributed by atoms with Gasteiger partial charge in [-0.25, -0.2) is 4.79 Å². The van der Waals surface area contributed by atoms with Crippen LogP contribution in [0.25, 0.3) is 0 Å². The molecule has 1 rings (SSSR count). The van der Waals surface area contributed by atoms with Gasteiger partial charge in [-0.05, 0) is 24.6 Å². The van der Waals surface area contributed by atoms with E-state index in [0.29, 0.717) is 0 Å². The van der Waals surface area contributed by atoms with Crippen LogP contribution in [-0.2, 0) is 16.1 Å². The number of carbonyl (C=O) groups is 1. The lowest BCUT2D eigenvalue weighted by Crippen LogP contribution is -2.19. The minimum absolute atomic E-state index is 0.181. The van der Waals surface area contributed by atoms with Crippen LogP contribution in [-0.4, -0.2) is 22.3 Å². The standard InChI is InChI=1S/C10H12O4/c1-7(10(12)13)14-6-8-2-4-9(11)5-3-8/h2-5,7,11H,6H2,1H3,(H,12,13)/t7-/m1/s1. The third kappa shape index (κ3) is 3.06. The van der Waals surface area contributed by atoms with Crippen molar-refractivity contribution in [3.8, 4) is 5.75 Å². The summed E-state index contributed by atoms with van der Waals surface area (Å²) in [5.74, 6) is -0.802. The first-order valence-corrected chi connectivity index (χ1v) is 4.22. The van der Waals surface area contributed by atoms with Crippen LogP contribution >= 0.6 is 0 Å². The number of hydrogen-bond donors (Lipinski definition) is 2. The molecule has 4 nitrogen and oxygen atoms in total. The fraction of sp³-hybridized carbons (Fsp3) is 0.300. The summed E-state index contributed by atoms with van der Waals surface area (Å²) < 4.78 is 5.05. The number of phenolic OH excluding ortho intramolecular Hbond substituents is 1. The van der Waals surface area contributed by atoms with Gasteiger partial charge >= 0.3 is 5.97 Å². The van der Waals surface area contributed by atoms with Gasteiger partial charge in [-0.1, -0.05) is 12.1 Å². The molecule has 0 amide bonds. The molecule has 0 saturated heterocycles. The van der Waals surface area contributed by atoms with E-state index in [4.69, 9.17) is 14.9 Å². The second-order valence-electron chi connectivity index (χ2n) is 2.96. The van der Waals surface area contributed by atoms with Gasteiger partial charge in [0, 0.05) is 0 Å². The van der Waals surface area contributed by atoms with Crippen molar-refractivity contribution in [2.45, 2.75) is 19.6 Å². The maximum absolute atomic E-state index is 10.4. The van der Waals surface area contributed by atoms with Gasteiger partial charge in [-0.15, -0.1) is 0 Å². The summed E-state index contributed by atoms with van der Waals surface area (Å²) in [7, 11) is 0. The summed E-state index contributed by atoms with van der Waals surface area (Å²) >= 11 is 0. The number of ether oxygens (including phenoxy) is 1. The predicted molar refractivity (Wildman–Crippen MR) is 50.0 cm³/mol. The van der Waals surface area contributed by atoms with E-state index in [1.54, 1.807) is 12.1 Å². The number of aliphatic carboxylic acids is 1. The van der Waals surface area contributed by atoms with Crippen molar-refractivity contribution in [1.29, 1.82) is 0 Å². The highest BCUT2D eigenvalue weighted by molar-refractivity contribution is 5.71. The minimum atomic E-state index is -0.983. The Labute approximate surface area is 81.8 Å². The van der Waals surface area contributed by atoms with Gasteiger partial charge in [0.1, 0.15) is 5.75 Å². The van der Waals surface area contributed by atoms with Crippen molar-refractivity contribution in [1.82, 2.24) is 0 Å². The van der Waals surface area contributed by atoms with E-state index in [0.717, 1.165) is 5.56 Å². The average Bonchev–Trinajstić information content (AvgIpc) is 2.16. The van der Waals surface area contributed by atoms with Gasteiger partial charge in [0.25, 0.3) is 0 Å². The van der Waals surface area contributed by atoms with Crippen molar-refractivity contribution in [3.05, 3.63) is 29.8 Å². The number of carboxylic acid groups (broad SMARTS) is 1. The van der Waals surface area contributed by atoms with E-state index in [2.05, 4.69) is 0 Å². The van der Waals surface area contributed by atoms with Crippen molar-refractivity contribution in [3.63, 3.8) is 0 Å². The van der Waals surface area contributed by atoms with Gasteiger partial charge in [0.05, 0.1) is 6.61 Å². The van der Waals surface area contributed by atoms with Crippen LogP contribution in [0.15, 0.2) is 24.3 Å². The molecule has 2 N–H and O–H groups in total. The fourth-order valence-corrected chi connectivity index (χ4v) is 0.885. The van der Waals surface area contributed by atoms with Gasteiger partial charge in [0.15, 0.2) is 6.10 Å². The molecule has 0 heterocycles. The Kier molecular flexibility index (Phi) is 3.48. The molecule has 0 bridgehead atoms. The Morgan fingerprint density at radius 2 is 2.00 bits per heavy atom. The first kappa shape index (κ1) is 10.5.